The molecule has 19 heavy (non-hydrogen) atoms. The molecule has 5 heteroatoms. The van der Waals surface area contributed by atoms with Crippen LogP contribution in [-0.4, -0.2) is 21.5 Å². The second-order valence-corrected chi connectivity index (χ2v) is 4.97. The zero-order chi connectivity index (χ0) is 13.2. The largest absolute Gasteiger partial charge is 0.388 e. The summed E-state index contributed by atoms with van der Waals surface area (Å²) in [6, 6.07) is 8.47. The number of thiocarbonyl (C=S) groups is 1. The lowest BCUT2D eigenvalue weighted by molar-refractivity contribution is 0.717. The molecule has 0 spiro atoms. The van der Waals surface area contributed by atoms with E-state index in [1.54, 1.807) is 12.4 Å². The lowest BCUT2D eigenvalue weighted by Gasteiger charge is -2.30. The maximum atomic E-state index is 5.72. The highest BCUT2D eigenvalue weighted by molar-refractivity contribution is 7.80. The van der Waals surface area contributed by atoms with Gasteiger partial charge in [-0.2, -0.15) is 0 Å². The Bertz CT molecular complexity index is 626. The van der Waals surface area contributed by atoms with Crippen LogP contribution in [0.1, 0.15) is 16.8 Å². The number of hydrogen-bond acceptors (Lipinski definition) is 4. The Labute approximate surface area is 117 Å². The summed E-state index contributed by atoms with van der Waals surface area (Å²) in [6.07, 6.45) is 4.30. The molecule has 1 aliphatic rings. The van der Waals surface area contributed by atoms with E-state index in [9.17, 15) is 0 Å². The number of hydrogen-bond donors (Lipinski definition) is 1. The molecule has 0 saturated heterocycles. The van der Waals surface area contributed by atoms with Crippen LogP contribution in [0.3, 0.4) is 0 Å². The summed E-state index contributed by atoms with van der Waals surface area (Å²) in [7, 11) is 0. The Kier molecular flexibility index (Phi) is 3.13. The minimum Gasteiger partial charge on any atom is -0.388 e. The molecule has 4 nitrogen and oxygen atoms in total. The monoisotopic (exact) mass is 270 g/mol. The van der Waals surface area contributed by atoms with Crippen LogP contribution in [0.15, 0.2) is 36.7 Å². The fraction of sp³-hybridized carbons (Fsp3) is 0.214. The van der Waals surface area contributed by atoms with Gasteiger partial charge in [0.15, 0.2) is 5.82 Å². The molecule has 0 fully saturated rings. The van der Waals surface area contributed by atoms with Gasteiger partial charge in [-0.15, -0.1) is 0 Å². The van der Waals surface area contributed by atoms with Crippen molar-refractivity contribution in [2.75, 3.05) is 11.4 Å². The second-order valence-electron chi connectivity index (χ2n) is 4.53. The zero-order valence-electron chi connectivity index (χ0n) is 10.4. The lowest BCUT2D eigenvalue weighted by atomic mass is 10.00. The average Bonchev–Trinajstić information content (AvgIpc) is 2.46. The molecule has 1 aromatic heterocycles. The van der Waals surface area contributed by atoms with Gasteiger partial charge in [0.1, 0.15) is 10.7 Å². The van der Waals surface area contributed by atoms with Crippen LogP contribution in [0.2, 0.25) is 0 Å². The van der Waals surface area contributed by atoms with E-state index in [1.165, 1.54) is 11.1 Å². The first kappa shape index (κ1) is 12.0. The molecule has 2 N–H and O–H groups in total. The first-order valence-electron chi connectivity index (χ1n) is 6.18. The molecular weight excluding hydrogens is 256 g/mol. The van der Waals surface area contributed by atoms with Crippen molar-refractivity contribution in [3.63, 3.8) is 0 Å². The molecule has 0 unspecified atom stereocenters. The fourth-order valence-corrected chi connectivity index (χ4v) is 2.56. The van der Waals surface area contributed by atoms with Crippen LogP contribution in [0, 0.1) is 0 Å². The van der Waals surface area contributed by atoms with Gasteiger partial charge in [0.2, 0.25) is 0 Å². The van der Waals surface area contributed by atoms with E-state index in [4.69, 9.17) is 18.0 Å². The average molecular weight is 270 g/mol. The van der Waals surface area contributed by atoms with Crippen molar-refractivity contribution in [3.05, 3.63) is 53.5 Å². The first-order valence-corrected chi connectivity index (χ1v) is 6.59. The third-order valence-corrected chi connectivity index (χ3v) is 3.54. The summed E-state index contributed by atoms with van der Waals surface area (Å²) in [6.45, 7) is 1.73. The molecule has 0 saturated carbocycles. The molecule has 0 bridgehead atoms. The maximum Gasteiger partial charge on any atom is 0.157 e. The van der Waals surface area contributed by atoms with Gasteiger partial charge in [-0.25, -0.2) is 9.97 Å². The van der Waals surface area contributed by atoms with Crippen molar-refractivity contribution >= 4 is 23.0 Å². The molecule has 0 aliphatic carbocycles. The molecule has 2 aromatic rings. The van der Waals surface area contributed by atoms with E-state index in [0.29, 0.717) is 10.7 Å². The smallest absolute Gasteiger partial charge is 0.157 e. The predicted molar refractivity (Wildman–Crippen MR) is 79.1 cm³/mol. The Hall–Kier alpha value is -2.01. The van der Waals surface area contributed by atoms with Crippen molar-refractivity contribution in [1.82, 2.24) is 9.97 Å². The van der Waals surface area contributed by atoms with Crippen LogP contribution in [-0.2, 0) is 13.0 Å². The van der Waals surface area contributed by atoms with Crippen LogP contribution >= 0.6 is 12.2 Å². The fourth-order valence-electron chi connectivity index (χ4n) is 2.41. The number of fused-ring (bicyclic) bond motifs is 1. The lowest BCUT2D eigenvalue weighted by Crippen LogP contribution is -2.33. The zero-order valence-corrected chi connectivity index (χ0v) is 11.2. The molecule has 0 amide bonds. The van der Waals surface area contributed by atoms with Gasteiger partial charge in [0.25, 0.3) is 0 Å². The molecule has 2 heterocycles. The number of anilines is 1. The Morgan fingerprint density at radius 3 is 2.68 bits per heavy atom. The summed E-state index contributed by atoms with van der Waals surface area (Å²) < 4.78 is 0. The maximum absolute atomic E-state index is 5.72. The van der Waals surface area contributed by atoms with Crippen molar-refractivity contribution in [2.45, 2.75) is 13.0 Å². The number of benzene rings is 1. The topological polar surface area (TPSA) is 55.0 Å². The SMILES string of the molecule is NC(=S)c1nccnc1N1CCc2ccccc2C1. The van der Waals surface area contributed by atoms with Gasteiger partial charge in [-0.05, 0) is 17.5 Å². The minimum absolute atomic E-state index is 0.293. The highest BCUT2D eigenvalue weighted by Crippen LogP contribution is 2.24. The van der Waals surface area contributed by atoms with E-state index in [1.807, 2.05) is 0 Å². The number of rotatable bonds is 2. The van der Waals surface area contributed by atoms with Crippen LogP contribution in [0.5, 0.6) is 0 Å². The highest BCUT2D eigenvalue weighted by atomic mass is 32.1. The van der Waals surface area contributed by atoms with Gasteiger partial charge in [-0.3, -0.25) is 0 Å². The predicted octanol–water partition coefficient (Wildman–Crippen LogP) is 1.67. The minimum atomic E-state index is 0.293. The van der Waals surface area contributed by atoms with Crippen LogP contribution in [0.25, 0.3) is 0 Å². The van der Waals surface area contributed by atoms with E-state index in [-0.39, 0.29) is 0 Å². The molecule has 3 rings (SSSR count). The van der Waals surface area contributed by atoms with E-state index in [0.717, 1.165) is 25.3 Å². The molecule has 0 atom stereocenters. The summed E-state index contributed by atoms with van der Waals surface area (Å²) >= 11 is 5.05. The third kappa shape index (κ3) is 2.29. The van der Waals surface area contributed by atoms with Crippen molar-refractivity contribution in [1.29, 1.82) is 0 Å². The normalized spacial score (nSPS) is 14.0. The Morgan fingerprint density at radius 1 is 1.16 bits per heavy atom. The molecule has 96 valence electrons. The van der Waals surface area contributed by atoms with Gasteiger partial charge in [0, 0.05) is 25.5 Å². The number of aromatic nitrogens is 2. The Morgan fingerprint density at radius 2 is 1.89 bits per heavy atom. The summed E-state index contributed by atoms with van der Waals surface area (Å²) in [4.78, 5) is 11.1. The molecule has 1 aliphatic heterocycles. The second kappa shape index (κ2) is 4.93. The molecule has 1 aromatic carbocycles. The summed E-state index contributed by atoms with van der Waals surface area (Å²) in [5.41, 5.74) is 9.06. The van der Waals surface area contributed by atoms with E-state index < -0.39 is 0 Å². The van der Waals surface area contributed by atoms with Crippen LogP contribution < -0.4 is 10.6 Å². The van der Waals surface area contributed by atoms with Crippen molar-refractivity contribution in [3.8, 4) is 0 Å². The standard InChI is InChI=1S/C14H14N4S/c15-13(19)12-14(17-7-6-16-12)18-8-5-10-3-1-2-4-11(10)9-18/h1-4,6-7H,5,8-9H2,(H2,15,19). The summed E-state index contributed by atoms with van der Waals surface area (Å²) in [5.74, 6) is 0.782. The molecular formula is C14H14N4S. The van der Waals surface area contributed by atoms with Crippen LogP contribution in [0.4, 0.5) is 5.82 Å². The Balaban J connectivity index is 1.95. The van der Waals surface area contributed by atoms with Crippen molar-refractivity contribution < 1.29 is 0 Å². The third-order valence-electron chi connectivity index (χ3n) is 3.34. The van der Waals surface area contributed by atoms with E-state index >= 15 is 0 Å². The number of nitrogens with zero attached hydrogens (tertiary/aromatic N) is 3. The van der Waals surface area contributed by atoms with Gasteiger partial charge in [-0.1, -0.05) is 36.5 Å². The summed E-state index contributed by atoms with van der Waals surface area (Å²) in [5, 5.41) is 0. The quantitative estimate of drug-likeness (QED) is 0.841. The number of nitrogens with two attached hydrogens (primary N) is 1. The van der Waals surface area contributed by atoms with Gasteiger partial charge >= 0.3 is 0 Å². The van der Waals surface area contributed by atoms with Gasteiger partial charge < -0.3 is 10.6 Å². The molecule has 0 radical (unpaired) electrons. The first-order chi connectivity index (χ1) is 9.25. The van der Waals surface area contributed by atoms with E-state index in [2.05, 4.69) is 39.1 Å². The van der Waals surface area contributed by atoms with Gasteiger partial charge in [0.05, 0.1) is 0 Å². The van der Waals surface area contributed by atoms with Crippen molar-refractivity contribution in [2.24, 2.45) is 5.73 Å². The highest BCUT2D eigenvalue weighted by Gasteiger charge is 2.20.